The highest BCUT2D eigenvalue weighted by atomic mass is 19.4. The van der Waals surface area contributed by atoms with Crippen LogP contribution in [0.5, 0.6) is 0 Å². The van der Waals surface area contributed by atoms with Gasteiger partial charge in [-0.25, -0.2) is 4.68 Å². The first-order valence-corrected chi connectivity index (χ1v) is 9.26. The van der Waals surface area contributed by atoms with Crippen LogP contribution in [0.2, 0.25) is 0 Å². The number of nitrogens with zero attached hydrogens (tertiary/aromatic N) is 3. The Morgan fingerprint density at radius 3 is 2.03 bits per heavy atom. The zero-order valence-corrected chi connectivity index (χ0v) is 16.3. The molecule has 0 atom stereocenters. The Morgan fingerprint density at radius 2 is 1.59 bits per heavy atom. The van der Waals surface area contributed by atoms with Crippen LogP contribution in [0.3, 0.4) is 0 Å². The largest absolute Gasteiger partial charge is 0.416 e. The van der Waals surface area contributed by atoms with E-state index in [9.17, 15) is 35.9 Å². The third kappa shape index (κ3) is 4.15. The molecular formula is C20H16F6N4O2. The monoisotopic (exact) mass is 458 g/mol. The Kier molecular flexibility index (Phi) is 5.71. The molecule has 0 bridgehead atoms. The van der Waals surface area contributed by atoms with Crippen LogP contribution in [-0.4, -0.2) is 27.1 Å². The van der Waals surface area contributed by atoms with Crippen LogP contribution in [0.4, 0.5) is 32.2 Å². The summed E-state index contributed by atoms with van der Waals surface area (Å²) in [4.78, 5) is 25.6. The first-order chi connectivity index (χ1) is 14.8. The molecule has 2 amide bonds. The molecular weight excluding hydrogens is 442 g/mol. The van der Waals surface area contributed by atoms with Crippen molar-refractivity contribution in [2.24, 2.45) is 5.73 Å². The van der Waals surface area contributed by atoms with E-state index < -0.39 is 46.5 Å². The van der Waals surface area contributed by atoms with Gasteiger partial charge in [0.15, 0.2) is 5.82 Å². The Labute approximate surface area is 178 Å². The fourth-order valence-corrected chi connectivity index (χ4v) is 3.77. The second-order valence-corrected chi connectivity index (χ2v) is 7.27. The lowest BCUT2D eigenvalue weighted by molar-refractivity contribution is -0.143. The van der Waals surface area contributed by atoms with E-state index in [0.717, 1.165) is 21.8 Å². The summed E-state index contributed by atoms with van der Waals surface area (Å²) in [5.74, 6) is -0.166. The van der Waals surface area contributed by atoms with Crippen molar-refractivity contribution in [1.29, 1.82) is 0 Å². The molecule has 1 aromatic carbocycles. The van der Waals surface area contributed by atoms with Gasteiger partial charge in [-0.05, 0) is 37.0 Å². The number of benzene rings is 1. The van der Waals surface area contributed by atoms with Crippen molar-refractivity contribution in [2.75, 3.05) is 4.90 Å². The zero-order chi connectivity index (χ0) is 23.9. The fourth-order valence-electron chi connectivity index (χ4n) is 3.77. The normalized spacial score (nSPS) is 15.9. The molecule has 1 fully saturated rings. The Hall–Kier alpha value is -3.49. The van der Waals surface area contributed by atoms with Crippen LogP contribution in [0.15, 0.2) is 30.5 Å². The van der Waals surface area contributed by atoms with E-state index in [0.29, 0.717) is 25.0 Å². The van der Waals surface area contributed by atoms with E-state index in [2.05, 4.69) is 5.10 Å². The van der Waals surface area contributed by atoms with Gasteiger partial charge < -0.3 is 5.73 Å². The van der Waals surface area contributed by atoms with Crippen molar-refractivity contribution in [1.82, 2.24) is 9.78 Å². The first-order valence-electron chi connectivity index (χ1n) is 9.26. The lowest BCUT2D eigenvalue weighted by Crippen LogP contribution is -2.58. The summed E-state index contributed by atoms with van der Waals surface area (Å²) in [5, 5.41) is 3.95. The molecule has 170 valence electrons. The smallest absolute Gasteiger partial charge is 0.368 e. The third-order valence-electron chi connectivity index (χ3n) is 5.29. The summed E-state index contributed by atoms with van der Waals surface area (Å²) < 4.78 is 79.7. The number of alkyl halides is 6. The van der Waals surface area contributed by atoms with Crippen LogP contribution < -0.4 is 10.6 Å². The number of terminal acetylenes is 1. The average molecular weight is 458 g/mol. The number of rotatable bonds is 4. The van der Waals surface area contributed by atoms with Crippen molar-refractivity contribution in [2.45, 2.75) is 43.6 Å². The first kappa shape index (κ1) is 23.2. The lowest BCUT2D eigenvalue weighted by atomic mass is 9.93. The van der Waals surface area contributed by atoms with Crippen molar-refractivity contribution >= 4 is 17.6 Å². The van der Waals surface area contributed by atoms with E-state index in [4.69, 9.17) is 12.2 Å². The summed E-state index contributed by atoms with van der Waals surface area (Å²) in [6.07, 6.45) is -2.33. The molecule has 2 N–H and O–H groups in total. The van der Waals surface area contributed by atoms with Crippen molar-refractivity contribution < 1.29 is 35.9 Å². The molecule has 0 saturated heterocycles. The highest BCUT2D eigenvalue weighted by Crippen LogP contribution is 2.39. The SMILES string of the molecule is C#CC(=O)N(c1ccn(-c2cc(C(F)(F)F)cc(C(F)(F)F)c2)n1)C1(C(N)=O)CCCC1. The van der Waals surface area contributed by atoms with Crippen molar-refractivity contribution in [3.05, 3.63) is 41.6 Å². The van der Waals surface area contributed by atoms with E-state index in [1.165, 1.54) is 0 Å². The maximum Gasteiger partial charge on any atom is 0.416 e. The number of anilines is 1. The lowest BCUT2D eigenvalue weighted by Gasteiger charge is -2.35. The van der Waals surface area contributed by atoms with Crippen LogP contribution in [0, 0.1) is 12.3 Å². The molecule has 0 radical (unpaired) electrons. The van der Waals surface area contributed by atoms with Gasteiger partial charge in [-0.2, -0.15) is 26.3 Å². The van der Waals surface area contributed by atoms with Gasteiger partial charge in [0.1, 0.15) is 5.54 Å². The maximum atomic E-state index is 13.2. The van der Waals surface area contributed by atoms with Crippen LogP contribution in [0.1, 0.15) is 36.8 Å². The molecule has 0 spiro atoms. The predicted molar refractivity (Wildman–Crippen MR) is 100 cm³/mol. The summed E-state index contributed by atoms with van der Waals surface area (Å²) in [6.45, 7) is 0. The van der Waals surface area contributed by atoms with Gasteiger partial charge >= 0.3 is 18.3 Å². The van der Waals surface area contributed by atoms with Gasteiger partial charge in [-0.3, -0.25) is 14.5 Å². The highest BCUT2D eigenvalue weighted by Gasteiger charge is 2.48. The molecule has 6 nitrogen and oxygen atoms in total. The van der Waals surface area contributed by atoms with Gasteiger partial charge in [0, 0.05) is 12.3 Å². The number of hydrogen-bond acceptors (Lipinski definition) is 3. The van der Waals surface area contributed by atoms with Gasteiger partial charge in [-0.15, -0.1) is 11.5 Å². The van der Waals surface area contributed by atoms with Gasteiger partial charge in [0.25, 0.3) is 0 Å². The minimum absolute atomic E-state index is 0.0112. The third-order valence-corrected chi connectivity index (χ3v) is 5.29. The number of carbonyl (C=O) groups excluding carboxylic acids is 2. The molecule has 1 aromatic heterocycles. The molecule has 2 aromatic rings. The average Bonchev–Trinajstić information content (AvgIpc) is 3.37. The molecule has 1 aliphatic carbocycles. The Balaban J connectivity index is 2.14. The van der Waals surface area contributed by atoms with E-state index in [1.54, 1.807) is 0 Å². The highest BCUT2D eigenvalue weighted by molar-refractivity contribution is 6.10. The fraction of sp³-hybridized carbons (Fsp3) is 0.350. The minimum Gasteiger partial charge on any atom is -0.368 e. The van der Waals surface area contributed by atoms with E-state index in [-0.39, 0.29) is 24.7 Å². The molecule has 1 aliphatic rings. The summed E-state index contributed by atoms with van der Waals surface area (Å²) in [6, 6.07) is 2.12. The van der Waals surface area contributed by atoms with Crippen LogP contribution in [0.25, 0.3) is 5.69 Å². The molecule has 0 aliphatic heterocycles. The topological polar surface area (TPSA) is 81.2 Å². The van der Waals surface area contributed by atoms with E-state index in [1.807, 2.05) is 5.92 Å². The van der Waals surface area contributed by atoms with Gasteiger partial charge in [0.2, 0.25) is 5.91 Å². The molecule has 12 heteroatoms. The number of halogens is 6. The Bertz CT molecular complexity index is 1060. The number of amides is 2. The number of primary amides is 1. The van der Waals surface area contributed by atoms with Crippen LogP contribution >= 0.6 is 0 Å². The van der Waals surface area contributed by atoms with E-state index >= 15 is 0 Å². The number of aromatic nitrogens is 2. The van der Waals surface area contributed by atoms with Gasteiger partial charge in [0.05, 0.1) is 16.8 Å². The molecule has 1 saturated carbocycles. The van der Waals surface area contributed by atoms with Crippen molar-refractivity contribution in [3.63, 3.8) is 0 Å². The molecule has 1 heterocycles. The second-order valence-electron chi connectivity index (χ2n) is 7.27. The predicted octanol–water partition coefficient (Wildman–Crippen LogP) is 3.67. The molecule has 32 heavy (non-hydrogen) atoms. The quantitative estimate of drug-likeness (QED) is 0.561. The summed E-state index contributed by atoms with van der Waals surface area (Å²) in [5.41, 5.74) is 0.433. The number of nitrogens with two attached hydrogens (primary N) is 1. The maximum absolute atomic E-state index is 13.2. The standard InChI is InChI=1S/C20H16F6N4O2/c1-2-16(31)30(18(17(27)32)6-3-4-7-18)15-5-8-29(28-15)14-10-12(19(21,22)23)9-13(11-14)20(24,25)26/h1,5,8-11H,3-4,6-7H2,(H2,27,32). The number of hydrogen-bond donors (Lipinski definition) is 1. The van der Waals surface area contributed by atoms with Gasteiger partial charge in [-0.1, -0.05) is 12.8 Å². The zero-order valence-electron chi connectivity index (χ0n) is 16.3. The Morgan fingerprint density at radius 1 is 1.06 bits per heavy atom. The molecule has 3 rings (SSSR count). The second kappa shape index (κ2) is 7.89. The number of carbonyl (C=O) groups is 2. The van der Waals surface area contributed by atoms with Crippen LogP contribution in [-0.2, 0) is 21.9 Å². The van der Waals surface area contributed by atoms with Crippen molar-refractivity contribution in [3.8, 4) is 18.0 Å². The molecule has 0 unspecified atom stereocenters. The summed E-state index contributed by atoms with van der Waals surface area (Å²) >= 11 is 0. The summed E-state index contributed by atoms with van der Waals surface area (Å²) in [7, 11) is 0. The minimum atomic E-state index is -5.04.